The topological polar surface area (TPSA) is 29.1 Å². The summed E-state index contributed by atoms with van der Waals surface area (Å²) in [5.41, 5.74) is 0. The van der Waals surface area contributed by atoms with Crippen LogP contribution in [0.4, 0.5) is 0 Å². The summed E-state index contributed by atoms with van der Waals surface area (Å²) in [5.74, 6) is 2.54. The van der Waals surface area contributed by atoms with Crippen LogP contribution in [0.25, 0.3) is 0 Å². The molecule has 0 aromatic carbocycles. The van der Waals surface area contributed by atoms with Gasteiger partial charge in [0, 0.05) is 17.7 Å². The molecule has 1 saturated carbocycles. The smallest absolute Gasteiger partial charge is 0.223 e. The third-order valence-electron chi connectivity index (χ3n) is 2.97. The molecule has 1 saturated heterocycles. The molecule has 74 valence electrons. The minimum absolute atomic E-state index is 0.292. The lowest BCUT2D eigenvalue weighted by Gasteiger charge is -2.09. The van der Waals surface area contributed by atoms with E-state index in [1.807, 2.05) is 11.8 Å². The van der Waals surface area contributed by atoms with Crippen LogP contribution in [0.3, 0.4) is 0 Å². The van der Waals surface area contributed by atoms with E-state index >= 15 is 0 Å². The van der Waals surface area contributed by atoms with Gasteiger partial charge in [-0.15, -0.1) is 0 Å². The Bertz CT molecular complexity index is 201. The minimum Gasteiger partial charge on any atom is -0.355 e. The molecule has 1 aliphatic carbocycles. The van der Waals surface area contributed by atoms with Crippen LogP contribution in [0, 0.1) is 11.8 Å². The molecule has 3 heteroatoms. The number of thioether (sulfide) groups is 1. The summed E-state index contributed by atoms with van der Waals surface area (Å²) in [6.45, 7) is 3.04. The third kappa shape index (κ3) is 2.39. The van der Waals surface area contributed by atoms with Crippen LogP contribution in [0.1, 0.15) is 26.2 Å². The second-order valence-corrected chi connectivity index (χ2v) is 5.61. The van der Waals surface area contributed by atoms with Crippen molar-refractivity contribution in [2.75, 3.05) is 12.3 Å². The van der Waals surface area contributed by atoms with Crippen LogP contribution >= 0.6 is 11.8 Å². The van der Waals surface area contributed by atoms with Crippen molar-refractivity contribution < 1.29 is 4.79 Å². The molecule has 1 aliphatic heterocycles. The molecule has 1 amide bonds. The summed E-state index contributed by atoms with van der Waals surface area (Å²) in [5, 5.41) is 3.75. The Morgan fingerprint density at radius 3 is 2.92 bits per heavy atom. The Hall–Kier alpha value is -0.180. The van der Waals surface area contributed by atoms with Gasteiger partial charge in [0.1, 0.15) is 0 Å². The number of rotatable bonds is 3. The van der Waals surface area contributed by atoms with Crippen molar-refractivity contribution in [3.8, 4) is 0 Å². The maximum atomic E-state index is 11.5. The largest absolute Gasteiger partial charge is 0.355 e. The zero-order valence-corrected chi connectivity index (χ0v) is 8.90. The van der Waals surface area contributed by atoms with E-state index in [-0.39, 0.29) is 0 Å². The maximum absolute atomic E-state index is 11.5. The second-order valence-electron chi connectivity index (χ2n) is 4.20. The molecule has 0 aromatic heterocycles. The van der Waals surface area contributed by atoms with E-state index in [4.69, 9.17) is 0 Å². The summed E-state index contributed by atoms with van der Waals surface area (Å²) in [6.07, 6.45) is 3.71. The highest BCUT2D eigenvalue weighted by Crippen LogP contribution is 2.37. The zero-order chi connectivity index (χ0) is 9.26. The Kier molecular flexibility index (Phi) is 2.82. The molecule has 13 heavy (non-hydrogen) atoms. The van der Waals surface area contributed by atoms with Gasteiger partial charge < -0.3 is 5.32 Å². The number of carbonyl (C=O) groups excluding carboxylic acids is 1. The molecule has 1 heterocycles. The van der Waals surface area contributed by atoms with Crippen LogP contribution in [0.5, 0.6) is 0 Å². The molecule has 2 aliphatic rings. The van der Waals surface area contributed by atoms with Crippen molar-refractivity contribution >= 4 is 17.7 Å². The summed E-state index contributed by atoms with van der Waals surface area (Å²) in [6, 6.07) is 0. The van der Waals surface area contributed by atoms with Gasteiger partial charge in [0.2, 0.25) is 5.91 Å². The van der Waals surface area contributed by atoms with E-state index in [1.54, 1.807) is 0 Å². The molecule has 0 spiro atoms. The molecule has 3 unspecified atom stereocenters. The first kappa shape index (κ1) is 9.38. The van der Waals surface area contributed by atoms with Crippen molar-refractivity contribution in [2.45, 2.75) is 31.4 Å². The first-order chi connectivity index (χ1) is 6.27. The monoisotopic (exact) mass is 199 g/mol. The number of nitrogens with one attached hydrogen (secondary N) is 1. The highest BCUT2D eigenvalue weighted by Gasteiger charge is 2.39. The van der Waals surface area contributed by atoms with Gasteiger partial charge in [-0.1, -0.05) is 6.92 Å². The Morgan fingerprint density at radius 1 is 1.62 bits per heavy atom. The SMILES string of the molecule is CC1CC1C(=O)NCC1CCCS1. The van der Waals surface area contributed by atoms with Crippen molar-refractivity contribution in [3.05, 3.63) is 0 Å². The van der Waals surface area contributed by atoms with Crippen LogP contribution in [-0.4, -0.2) is 23.5 Å². The number of hydrogen-bond donors (Lipinski definition) is 1. The van der Waals surface area contributed by atoms with Gasteiger partial charge in [0.05, 0.1) is 0 Å². The van der Waals surface area contributed by atoms with E-state index in [9.17, 15) is 4.79 Å². The highest BCUT2D eigenvalue weighted by molar-refractivity contribution is 8.00. The molecule has 2 rings (SSSR count). The number of hydrogen-bond acceptors (Lipinski definition) is 2. The first-order valence-electron chi connectivity index (χ1n) is 5.16. The van der Waals surface area contributed by atoms with Gasteiger partial charge in [-0.3, -0.25) is 4.79 Å². The fraction of sp³-hybridized carbons (Fsp3) is 0.900. The summed E-state index contributed by atoms with van der Waals surface area (Å²) >= 11 is 2.00. The molecule has 3 atom stereocenters. The summed E-state index contributed by atoms with van der Waals surface area (Å²) < 4.78 is 0. The standard InChI is InChI=1S/C10H17NOS/c1-7-5-9(7)10(12)11-6-8-3-2-4-13-8/h7-9H,2-6H2,1H3,(H,11,12). The normalized spacial score (nSPS) is 37.5. The highest BCUT2D eigenvalue weighted by atomic mass is 32.2. The molecule has 0 aromatic rings. The van der Waals surface area contributed by atoms with Gasteiger partial charge in [0.25, 0.3) is 0 Å². The maximum Gasteiger partial charge on any atom is 0.223 e. The van der Waals surface area contributed by atoms with E-state index in [2.05, 4.69) is 12.2 Å². The predicted octanol–water partition coefficient (Wildman–Crippen LogP) is 1.65. The fourth-order valence-corrected chi connectivity index (χ4v) is 3.04. The van der Waals surface area contributed by atoms with Crippen LogP contribution in [-0.2, 0) is 4.79 Å². The van der Waals surface area contributed by atoms with E-state index in [1.165, 1.54) is 18.6 Å². The van der Waals surface area contributed by atoms with Crippen molar-refractivity contribution in [2.24, 2.45) is 11.8 Å². The van der Waals surface area contributed by atoms with E-state index in [0.717, 1.165) is 13.0 Å². The van der Waals surface area contributed by atoms with Gasteiger partial charge >= 0.3 is 0 Å². The summed E-state index contributed by atoms with van der Waals surface area (Å²) in [7, 11) is 0. The molecular weight excluding hydrogens is 182 g/mol. The van der Waals surface area contributed by atoms with Crippen LogP contribution in [0.15, 0.2) is 0 Å². The molecular formula is C10H17NOS. The fourth-order valence-electron chi connectivity index (χ4n) is 1.84. The van der Waals surface area contributed by atoms with Crippen LogP contribution in [0.2, 0.25) is 0 Å². The van der Waals surface area contributed by atoms with Crippen molar-refractivity contribution in [3.63, 3.8) is 0 Å². The van der Waals surface area contributed by atoms with Gasteiger partial charge in [-0.2, -0.15) is 11.8 Å². The number of amides is 1. The zero-order valence-electron chi connectivity index (χ0n) is 8.08. The molecule has 1 N–H and O–H groups in total. The molecule has 2 fully saturated rings. The minimum atomic E-state index is 0.292. The molecule has 0 radical (unpaired) electrons. The van der Waals surface area contributed by atoms with E-state index in [0.29, 0.717) is 23.0 Å². The summed E-state index contributed by atoms with van der Waals surface area (Å²) in [4.78, 5) is 11.5. The lowest BCUT2D eigenvalue weighted by Crippen LogP contribution is -2.31. The predicted molar refractivity (Wildman–Crippen MR) is 55.8 cm³/mol. The Balaban J connectivity index is 1.64. The molecule has 0 bridgehead atoms. The number of carbonyl (C=O) groups is 1. The third-order valence-corrected chi connectivity index (χ3v) is 4.37. The van der Waals surface area contributed by atoms with Gasteiger partial charge in [0.15, 0.2) is 0 Å². The van der Waals surface area contributed by atoms with E-state index < -0.39 is 0 Å². The Labute approximate surface area is 83.8 Å². The first-order valence-corrected chi connectivity index (χ1v) is 6.21. The molecule has 2 nitrogen and oxygen atoms in total. The van der Waals surface area contributed by atoms with Gasteiger partial charge in [-0.05, 0) is 30.9 Å². The van der Waals surface area contributed by atoms with Gasteiger partial charge in [-0.25, -0.2) is 0 Å². The van der Waals surface area contributed by atoms with Crippen LogP contribution < -0.4 is 5.32 Å². The second kappa shape index (κ2) is 3.91. The van der Waals surface area contributed by atoms with Crippen molar-refractivity contribution in [1.29, 1.82) is 0 Å². The lowest BCUT2D eigenvalue weighted by atomic mass is 10.2. The Morgan fingerprint density at radius 2 is 2.38 bits per heavy atom. The average Bonchev–Trinajstić information content (AvgIpc) is 2.68. The average molecular weight is 199 g/mol. The lowest BCUT2D eigenvalue weighted by molar-refractivity contribution is -0.122. The van der Waals surface area contributed by atoms with Crippen molar-refractivity contribution in [1.82, 2.24) is 5.32 Å². The quantitative estimate of drug-likeness (QED) is 0.749.